The summed E-state index contributed by atoms with van der Waals surface area (Å²) in [6.07, 6.45) is 6.34. The Balaban J connectivity index is 1.47. The van der Waals surface area contributed by atoms with Crippen LogP contribution in [0.3, 0.4) is 0 Å². The van der Waals surface area contributed by atoms with Gasteiger partial charge in [-0.25, -0.2) is 0 Å². The zero-order chi connectivity index (χ0) is 30.1. The van der Waals surface area contributed by atoms with E-state index in [1.807, 2.05) is 24.3 Å². The SMILES string of the molecule is N#C[C@@H]1CCCN1C(=O)CN[C@H](CC1(c2nn[nH]n2)c2ccc(C(N)=O)cc2CCc2cc(C(N)=O)ccc21)C1CCC1. The third kappa shape index (κ3) is 5.14. The highest BCUT2D eigenvalue weighted by atomic mass is 16.2. The molecule has 12 heteroatoms. The molecule has 1 saturated carbocycles. The summed E-state index contributed by atoms with van der Waals surface area (Å²) in [5.41, 5.74) is 14.9. The Hall–Kier alpha value is -4.63. The van der Waals surface area contributed by atoms with Crippen molar-refractivity contribution in [2.45, 2.75) is 68.9 Å². The first-order valence-electron chi connectivity index (χ1n) is 14.8. The number of likely N-dealkylation sites (tertiary alicyclic amines) is 1. The van der Waals surface area contributed by atoms with Crippen molar-refractivity contribution >= 4 is 17.7 Å². The molecule has 2 atom stereocenters. The van der Waals surface area contributed by atoms with E-state index >= 15 is 0 Å². The number of benzene rings is 2. The molecule has 3 aromatic rings. The molecule has 12 nitrogen and oxygen atoms in total. The Kier molecular flexibility index (Phi) is 7.66. The summed E-state index contributed by atoms with van der Waals surface area (Å²) in [6.45, 7) is 0.702. The van der Waals surface area contributed by atoms with Crippen LogP contribution in [-0.2, 0) is 23.1 Å². The van der Waals surface area contributed by atoms with Gasteiger partial charge in [0.15, 0.2) is 5.82 Å². The number of nitrogens with two attached hydrogens (primary N) is 2. The molecule has 43 heavy (non-hydrogen) atoms. The fourth-order valence-electron chi connectivity index (χ4n) is 7.15. The van der Waals surface area contributed by atoms with Crippen molar-refractivity contribution in [1.29, 1.82) is 5.26 Å². The number of primary amides is 2. The van der Waals surface area contributed by atoms with Crippen LogP contribution < -0.4 is 16.8 Å². The predicted octanol–water partition coefficient (Wildman–Crippen LogP) is 1.49. The van der Waals surface area contributed by atoms with Crippen molar-refractivity contribution in [3.63, 3.8) is 0 Å². The number of H-pyrrole nitrogens is 1. The summed E-state index contributed by atoms with van der Waals surface area (Å²) in [5.74, 6) is -0.350. The van der Waals surface area contributed by atoms with Crippen LogP contribution in [-0.4, -0.2) is 68.4 Å². The van der Waals surface area contributed by atoms with Crippen molar-refractivity contribution in [3.8, 4) is 6.07 Å². The van der Waals surface area contributed by atoms with E-state index < -0.39 is 17.2 Å². The van der Waals surface area contributed by atoms with Gasteiger partial charge in [-0.15, -0.1) is 10.2 Å². The zero-order valence-electron chi connectivity index (χ0n) is 23.9. The number of carbonyl (C=O) groups is 3. The molecule has 3 amide bonds. The normalized spacial score (nSPS) is 19.8. The number of amides is 3. The molecular weight excluding hydrogens is 546 g/mol. The van der Waals surface area contributed by atoms with E-state index in [2.05, 4.69) is 32.0 Å². The summed E-state index contributed by atoms with van der Waals surface area (Å²) in [5, 5.41) is 28.8. The lowest BCUT2D eigenvalue weighted by atomic mass is 9.64. The number of hydrogen-bond acceptors (Lipinski definition) is 8. The Bertz CT molecular complexity index is 1530. The molecule has 1 saturated heterocycles. The molecule has 2 aliphatic carbocycles. The van der Waals surface area contributed by atoms with Crippen LogP contribution in [0, 0.1) is 17.2 Å². The molecule has 1 aliphatic heterocycles. The van der Waals surface area contributed by atoms with Crippen molar-refractivity contribution in [2.24, 2.45) is 17.4 Å². The topological polar surface area (TPSA) is 197 Å². The first-order valence-corrected chi connectivity index (χ1v) is 14.8. The molecule has 0 spiro atoms. The number of nitriles is 1. The number of rotatable bonds is 9. The number of nitrogens with zero attached hydrogens (tertiary/aromatic N) is 5. The average Bonchev–Trinajstić information content (AvgIpc) is 3.67. The van der Waals surface area contributed by atoms with Gasteiger partial charge in [-0.3, -0.25) is 14.4 Å². The maximum absolute atomic E-state index is 13.3. The molecule has 0 radical (unpaired) electrons. The van der Waals surface area contributed by atoms with Crippen molar-refractivity contribution < 1.29 is 14.4 Å². The Morgan fingerprint density at radius 2 is 1.67 bits per heavy atom. The number of hydrogen-bond donors (Lipinski definition) is 4. The molecular formula is C31H35N9O3. The van der Waals surface area contributed by atoms with Gasteiger partial charge in [0.2, 0.25) is 17.7 Å². The fourth-order valence-corrected chi connectivity index (χ4v) is 7.15. The van der Waals surface area contributed by atoms with Gasteiger partial charge in [0.05, 0.1) is 18.0 Å². The van der Waals surface area contributed by atoms with E-state index in [-0.39, 0.29) is 24.5 Å². The smallest absolute Gasteiger partial charge is 0.248 e. The standard InChI is InChI=1S/C31H35N9O3/c32-16-23-5-2-12-40(23)27(41)17-35-26(18-3-1-4-18)15-31(30-36-38-39-37-30)24-10-8-21(28(33)42)13-19(24)6-7-20-14-22(29(34)43)9-11-25(20)31/h8-11,13-14,18,23,26,35H,1-7,12,15,17H2,(H2,33,42)(H2,34,43)(H,36,37,38,39)/t23-,26+/m0/s1. The highest BCUT2D eigenvalue weighted by Crippen LogP contribution is 2.48. The van der Waals surface area contributed by atoms with Crippen molar-refractivity contribution in [3.05, 3.63) is 75.6 Å². The van der Waals surface area contributed by atoms with Gasteiger partial charge < -0.3 is 21.7 Å². The Labute approximate surface area is 249 Å². The second-order valence-electron chi connectivity index (χ2n) is 11.9. The predicted molar refractivity (Wildman–Crippen MR) is 155 cm³/mol. The molecule has 3 aliphatic rings. The van der Waals surface area contributed by atoms with Gasteiger partial charge >= 0.3 is 0 Å². The minimum atomic E-state index is -0.931. The van der Waals surface area contributed by atoms with Gasteiger partial charge in [-0.2, -0.15) is 10.5 Å². The van der Waals surface area contributed by atoms with E-state index in [0.29, 0.717) is 55.1 Å². The summed E-state index contributed by atoms with van der Waals surface area (Å²) >= 11 is 0. The highest BCUT2D eigenvalue weighted by molar-refractivity contribution is 5.94. The van der Waals surface area contributed by atoms with Crippen LogP contribution in [0.25, 0.3) is 0 Å². The number of aryl methyl sites for hydroxylation is 2. The van der Waals surface area contributed by atoms with Crippen molar-refractivity contribution in [1.82, 2.24) is 30.8 Å². The molecule has 2 heterocycles. The zero-order valence-corrected chi connectivity index (χ0v) is 23.9. The average molecular weight is 582 g/mol. The number of nitrogens with one attached hydrogen (secondary N) is 2. The lowest BCUT2D eigenvalue weighted by Crippen LogP contribution is -2.50. The summed E-state index contributed by atoms with van der Waals surface area (Å²) in [4.78, 5) is 39.3. The van der Waals surface area contributed by atoms with Crippen molar-refractivity contribution in [2.75, 3.05) is 13.1 Å². The quantitative estimate of drug-likeness (QED) is 0.291. The highest BCUT2D eigenvalue weighted by Gasteiger charge is 2.48. The minimum absolute atomic E-state index is 0.0825. The number of carbonyl (C=O) groups excluding carboxylic acids is 3. The lowest BCUT2D eigenvalue weighted by molar-refractivity contribution is -0.130. The van der Waals surface area contributed by atoms with E-state index in [1.54, 1.807) is 17.0 Å². The second kappa shape index (κ2) is 11.6. The summed E-state index contributed by atoms with van der Waals surface area (Å²) in [6, 6.07) is 12.7. The monoisotopic (exact) mass is 581 g/mol. The van der Waals surface area contributed by atoms with Crippen LogP contribution in [0.5, 0.6) is 0 Å². The fraction of sp³-hybridized carbons (Fsp3) is 0.452. The third-order valence-electron chi connectivity index (χ3n) is 9.57. The third-order valence-corrected chi connectivity index (χ3v) is 9.57. The molecule has 6 rings (SSSR count). The first kappa shape index (κ1) is 28.5. The van der Waals surface area contributed by atoms with Crippen LogP contribution in [0.1, 0.15) is 87.3 Å². The number of aromatic nitrogens is 4. The summed E-state index contributed by atoms with van der Waals surface area (Å²) < 4.78 is 0. The molecule has 2 aromatic carbocycles. The van der Waals surface area contributed by atoms with Crippen LogP contribution >= 0.6 is 0 Å². The minimum Gasteiger partial charge on any atom is -0.366 e. The van der Waals surface area contributed by atoms with Gasteiger partial charge in [-0.05, 0) is 97.4 Å². The first-order chi connectivity index (χ1) is 20.8. The van der Waals surface area contributed by atoms with Gasteiger partial charge in [0.25, 0.3) is 0 Å². The van der Waals surface area contributed by atoms with E-state index in [9.17, 15) is 19.6 Å². The maximum atomic E-state index is 13.3. The van der Waals surface area contributed by atoms with Gasteiger partial charge in [0.1, 0.15) is 6.04 Å². The lowest BCUT2D eigenvalue weighted by Gasteiger charge is -2.42. The number of fused-ring (bicyclic) bond motifs is 2. The van der Waals surface area contributed by atoms with Crippen LogP contribution in [0.15, 0.2) is 36.4 Å². The molecule has 222 valence electrons. The Morgan fingerprint density at radius 3 is 2.19 bits per heavy atom. The largest absolute Gasteiger partial charge is 0.366 e. The molecule has 2 fully saturated rings. The second-order valence-corrected chi connectivity index (χ2v) is 11.9. The molecule has 0 bridgehead atoms. The number of tetrazole rings is 1. The molecule has 0 unspecified atom stereocenters. The van der Waals surface area contributed by atoms with Gasteiger partial charge in [0, 0.05) is 23.7 Å². The van der Waals surface area contributed by atoms with Gasteiger partial charge in [-0.1, -0.05) is 23.8 Å². The Morgan fingerprint density at radius 1 is 1.02 bits per heavy atom. The maximum Gasteiger partial charge on any atom is 0.248 e. The summed E-state index contributed by atoms with van der Waals surface area (Å²) in [7, 11) is 0. The van der Waals surface area contributed by atoms with E-state index in [0.717, 1.165) is 47.9 Å². The van der Waals surface area contributed by atoms with E-state index in [1.165, 1.54) is 0 Å². The molecule has 1 aromatic heterocycles. The van der Waals surface area contributed by atoms with Crippen LogP contribution in [0.2, 0.25) is 0 Å². The number of aromatic amines is 1. The van der Waals surface area contributed by atoms with E-state index in [4.69, 9.17) is 11.5 Å². The molecule has 6 N–H and O–H groups in total. The van der Waals surface area contributed by atoms with Crippen LogP contribution in [0.4, 0.5) is 0 Å².